The molecule has 0 bridgehead atoms. The van der Waals surface area contributed by atoms with Gasteiger partial charge < -0.3 is 30.9 Å². The van der Waals surface area contributed by atoms with Crippen LogP contribution in [0.3, 0.4) is 0 Å². The van der Waals surface area contributed by atoms with Crippen molar-refractivity contribution in [3.63, 3.8) is 0 Å². The van der Waals surface area contributed by atoms with Crippen LogP contribution in [0.1, 0.15) is 231 Å². The lowest BCUT2D eigenvalue weighted by atomic mass is 9.83. The summed E-state index contributed by atoms with van der Waals surface area (Å²) < 4.78 is 12.2. The van der Waals surface area contributed by atoms with Gasteiger partial charge in [-0.05, 0) is 25.0 Å². The summed E-state index contributed by atoms with van der Waals surface area (Å²) in [5.74, 6) is -0.763. The molecule has 1 atom stereocenters. The van der Waals surface area contributed by atoms with Crippen LogP contribution in [0.2, 0.25) is 0 Å². The molecule has 0 aromatic heterocycles. The van der Waals surface area contributed by atoms with Crippen LogP contribution in [0.25, 0.3) is 0 Å². The van der Waals surface area contributed by atoms with Gasteiger partial charge in [-0.2, -0.15) is 0 Å². The molecule has 0 radical (unpaired) electrons. The number of ketones is 2. The molecule has 60 heavy (non-hydrogen) atoms. The monoisotopic (exact) mass is 896 g/mol. The fourth-order valence-electron chi connectivity index (χ4n) is 8.56. The average Bonchev–Trinajstić information content (AvgIpc) is 3.22. The second kappa shape index (κ2) is 31.9. The highest BCUT2D eigenvalue weighted by Crippen LogP contribution is 2.29. The normalized spacial score (nSPS) is 12.7. The number of carbonyl (C=O) groups is 4. The highest BCUT2D eigenvalue weighted by atomic mass is 79.9. The van der Waals surface area contributed by atoms with E-state index < -0.39 is 6.10 Å². The van der Waals surface area contributed by atoms with E-state index in [1.54, 1.807) is 30.3 Å². The van der Waals surface area contributed by atoms with Crippen LogP contribution in [0, 0.1) is 0 Å². The molecule has 0 saturated carbocycles. The molecule has 0 heterocycles. The highest BCUT2D eigenvalue weighted by molar-refractivity contribution is 6.28. The van der Waals surface area contributed by atoms with Crippen molar-refractivity contribution in [2.45, 2.75) is 206 Å². The Kier molecular flexibility index (Phi) is 28.4. The van der Waals surface area contributed by atoms with Gasteiger partial charge in [-0.1, -0.05) is 198 Å². The van der Waals surface area contributed by atoms with E-state index in [1.165, 1.54) is 128 Å². The molecule has 0 saturated heterocycles. The molecule has 8 heteroatoms. The summed E-state index contributed by atoms with van der Waals surface area (Å²) >= 11 is 0. The number of hydrogen-bond acceptors (Lipinski definition) is 6. The van der Waals surface area contributed by atoms with Crippen LogP contribution >= 0.6 is 0 Å². The van der Waals surface area contributed by atoms with Crippen molar-refractivity contribution in [1.82, 2.24) is 0 Å². The van der Waals surface area contributed by atoms with Crippen molar-refractivity contribution < 1.29 is 50.1 Å². The lowest BCUT2D eigenvalue weighted by Crippen LogP contribution is -3.00. The van der Waals surface area contributed by atoms with Crippen LogP contribution < -0.4 is 17.0 Å². The summed E-state index contributed by atoms with van der Waals surface area (Å²) in [7, 11) is 4.09. The third-order valence-corrected chi connectivity index (χ3v) is 12.0. The van der Waals surface area contributed by atoms with E-state index in [4.69, 9.17) is 9.47 Å². The van der Waals surface area contributed by atoms with E-state index in [0.717, 1.165) is 44.1 Å². The Morgan fingerprint density at radius 2 is 0.900 bits per heavy atom. The SMILES string of the molecule is CCCCCCCCCCCCCCCC(=O)OCC(C[N+](C)(C)Cc1ccc2c(c1)C(=O)c1ccccc1C2=O)OC(=O)CCCCCCCCCCCCCCC.[Br-]. The third kappa shape index (κ3) is 21.8. The van der Waals surface area contributed by atoms with Gasteiger partial charge in [-0.25, -0.2) is 0 Å². The quantitative estimate of drug-likeness (QED) is 0.0332. The second-order valence-corrected chi connectivity index (χ2v) is 18.1. The van der Waals surface area contributed by atoms with Gasteiger partial charge >= 0.3 is 11.9 Å². The summed E-state index contributed by atoms with van der Waals surface area (Å²) in [6.07, 6.45) is 32.6. The minimum absolute atomic E-state index is 0. The van der Waals surface area contributed by atoms with Gasteiger partial charge in [-0.3, -0.25) is 19.2 Å². The molecule has 1 aliphatic carbocycles. The largest absolute Gasteiger partial charge is 1.00 e. The Labute approximate surface area is 375 Å². The van der Waals surface area contributed by atoms with Gasteiger partial charge in [0, 0.05) is 40.7 Å². The number of unbranched alkanes of at least 4 members (excludes halogenated alkanes) is 24. The highest BCUT2D eigenvalue weighted by Gasteiger charge is 2.31. The Morgan fingerprint density at radius 1 is 0.517 bits per heavy atom. The zero-order valence-electron chi connectivity index (χ0n) is 38.3. The van der Waals surface area contributed by atoms with E-state index in [-0.39, 0.29) is 47.1 Å². The van der Waals surface area contributed by atoms with Crippen molar-refractivity contribution in [1.29, 1.82) is 0 Å². The number of likely N-dealkylation sites (N-methyl/N-ethyl adjacent to an activating group) is 1. The van der Waals surface area contributed by atoms with Crippen LogP contribution in [0.5, 0.6) is 0 Å². The Morgan fingerprint density at radius 3 is 1.35 bits per heavy atom. The first-order valence-corrected chi connectivity index (χ1v) is 24.1. The Hall–Kier alpha value is -2.84. The number of esters is 2. The van der Waals surface area contributed by atoms with Gasteiger partial charge in [-0.15, -0.1) is 0 Å². The van der Waals surface area contributed by atoms with Gasteiger partial charge in [0.2, 0.25) is 0 Å². The number of carbonyl (C=O) groups excluding carboxylic acids is 4. The number of hydrogen-bond donors (Lipinski definition) is 0. The molecule has 3 rings (SSSR count). The zero-order chi connectivity index (χ0) is 42.6. The summed E-state index contributed by atoms with van der Waals surface area (Å²) in [6, 6.07) is 12.5. The molecule has 2 aromatic carbocycles. The van der Waals surface area contributed by atoms with Crippen LogP contribution in [-0.2, 0) is 25.6 Å². The van der Waals surface area contributed by atoms with E-state index in [2.05, 4.69) is 13.8 Å². The number of benzene rings is 2. The van der Waals surface area contributed by atoms with Crippen molar-refractivity contribution >= 4 is 23.5 Å². The zero-order valence-corrected chi connectivity index (χ0v) is 39.9. The summed E-state index contributed by atoms with van der Waals surface area (Å²) in [5, 5.41) is 0. The van der Waals surface area contributed by atoms with Gasteiger partial charge in [0.1, 0.15) is 19.7 Å². The third-order valence-electron chi connectivity index (χ3n) is 12.0. The molecular formula is C52H82BrNO6. The topological polar surface area (TPSA) is 86.7 Å². The Bertz CT molecular complexity index is 1520. The van der Waals surface area contributed by atoms with Crippen molar-refractivity contribution in [3.05, 3.63) is 70.3 Å². The number of quaternary nitrogens is 1. The number of nitrogens with zero attached hydrogens (tertiary/aromatic N) is 1. The predicted molar refractivity (Wildman–Crippen MR) is 242 cm³/mol. The number of fused-ring (bicyclic) bond motifs is 2. The molecule has 0 aliphatic heterocycles. The molecule has 2 aromatic rings. The summed E-state index contributed by atoms with van der Waals surface area (Å²) in [6.45, 7) is 5.52. The molecule has 1 unspecified atom stereocenters. The van der Waals surface area contributed by atoms with Crippen molar-refractivity contribution in [2.75, 3.05) is 27.2 Å². The molecule has 0 N–H and O–H groups in total. The van der Waals surface area contributed by atoms with E-state index in [9.17, 15) is 19.2 Å². The predicted octanol–water partition coefficient (Wildman–Crippen LogP) is 10.5. The molecule has 338 valence electrons. The smallest absolute Gasteiger partial charge is 0.306 e. The molecule has 1 aliphatic rings. The number of ether oxygens (including phenoxy) is 2. The van der Waals surface area contributed by atoms with Crippen LogP contribution in [0.4, 0.5) is 0 Å². The lowest BCUT2D eigenvalue weighted by molar-refractivity contribution is -0.906. The average molecular weight is 897 g/mol. The first-order valence-electron chi connectivity index (χ1n) is 24.1. The molecule has 0 spiro atoms. The van der Waals surface area contributed by atoms with Crippen LogP contribution in [-0.4, -0.2) is 61.3 Å². The van der Waals surface area contributed by atoms with E-state index in [1.807, 2.05) is 26.2 Å². The maximum absolute atomic E-state index is 13.4. The maximum Gasteiger partial charge on any atom is 0.306 e. The second-order valence-electron chi connectivity index (χ2n) is 18.1. The maximum atomic E-state index is 13.4. The van der Waals surface area contributed by atoms with E-state index in [0.29, 0.717) is 52.7 Å². The van der Waals surface area contributed by atoms with Crippen molar-refractivity contribution in [2.24, 2.45) is 0 Å². The molecule has 7 nitrogen and oxygen atoms in total. The molecule has 0 amide bonds. The standard InChI is InChI=1S/C52H82NO6.BrH/c1-5-7-9-11-13-15-17-19-21-23-25-27-29-35-49(54)58-42-44(59-50(55)36-30-28-26-24-22-20-18-16-14-12-10-8-6-2)41-53(3,4)40-43-37-38-47-48(39-43)52(57)46-34-32-31-33-45(46)51(47)56;/h31-34,37-39,44H,5-30,35-36,40-42H2,1-4H3;1H/q+1;/p-1. The summed E-state index contributed by atoms with van der Waals surface area (Å²) in [4.78, 5) is 52.6. The number of rotatable bonds is 35. The molecular weight excluding hydrogens is 814 g/mol. The van der Waals surface area contributed by atoms with Gasteiger partial charge in [0.05, 0.1) is 14.1 Å². The Balaban J connectivity index is 0.0000124. The fraction of sp³-hybridized carbons (Fsp3) is 0.692. The van der Waals surface area contributed by atoms with Crippen LogP contribution in [0.15, 0.2) is 42.5 Å². The fourth-order valence-corrected chi connectivity index (χ4v) is 8.56. The minimum atomic E-state index is -0.595. The van der Waals surface area contributed by atoms with Crippen molar-refractivity contribution in [3.8, 4) is 0 Å². The number of halogens is 1. The lowest BCUT2D eigenvalue weighted by Gasteiger charge is -2.33. The first kappa shape index (κ1) is 53.3. The minimum Gasteiger partial charge on any atom is -1.00 e. The van der Waals surface area contributed by atoms with E-state index >= 15 is 0 Å². The first-order chi connectivity index (χ1) is 28.6. The van der Waals surface area contributed by atoms with Gasteiger partial charge in [0.15, 0.2) is 17.7 Å². The van der Waals surface area contributed by atoms with Gasteiger partial charge in [0.25, 0.3) is 0 Å². The molecule has 0 fully saturated rings. The summed E-state index contributed by atoms with van der Waals surface area (Å²) in [5.41, 5.74) is 2.64.